The lowest BCUT2D eigenvalue weighted by Gasteiger charge is -2.27. The van der Waals surface area contributed by atoms with Crippen LogP contribution in [0.25, 0.3) is 10.6 Å². The molecule has 3 heterocycles. The Balaban J connectivity index is 1.48. The van der Waals surface area contributed by atoms with Gasteiger partial charge in [-0.3, -0.25) is 4.90 Å². The Kier molecular flexibility index (Phi) is 3.59. The molecule has 106 valence electrons. The van der Waals surface area contributed by atoms with Gasteiger partial charge in [0, 0.05) is 36.0 Å². The van der Waals surface area contributed by atoms with E-state index in [2.05, 4.69) is 51.4 Å². The largest absolute Gasteiger partial charge is 0.293 e. The van der Waals surface area contributed by atoms with Crippen molar-refractivity contribution in [2.24, 2.45) is 0 Å². The van der Waals surface area contributed by atoms with E-state index in [-0.39, 0.29) is 0 Å². The van der Waals surface area contributed by atoms with Gasteiger partial charge in [-0.25, -0.2) is 4.98 Å². The first-order chi connectivity index (χ1) is 10.4. The van der Waals surface area contributed by atoms with Crippen LogP contribution in [0, 0.1) is 0 Å². The first-order valence-electron chi connectivity index (χ1n) is 7.14. The van der Waals surface area contributed by atoms with Crippen molar-refractivity contribution < 1.29 is 0 Å². The highest BCUT2D eigenvalue weighted by Crippen LogP contribution is 2.27. The molecule has 0 aliphatic carbocycles. The van der Waals surface area contributed by atoms with E-state index in [1.54, 1.807) is 22.7 Å². The molecule has 0 atom stereocenters. The highest BCUT2D eigenvalue weighted by molar-refractivity contribution is 7.14. The van der Waals surface area contributed by atoms with E-state index in [0.717, 1.165) is 31.1 Å². The van der Waals surface area contributed by atoms with Gasteiger partial charge in [-0.1, -0.05) is 24.3 Å². The number of rotatable bonds is 3. The minimum Gasteiger partial charge on any atom is -0.293 e. The van der Waals surface area contributed by atoms with Crippen molar-refractivity contribution in [1.82, 2.24) is 9.88 Å². The standard InChI is InChI=1S/C17H16N2S2/c1-2-4-14-9-19(7-5-13(14)3-1)10-16-12-21-17(18-16)15-6-8-20-11-15/h1-4,6,8,11-12H,5,7,9-10H2. The molecule has 0 unspecified atom stereocenters. The number of fused-ring (bicyclic) bond motifs is 1. The van der Waals surface area contributed by atoms with Crippen LogP contribution in [0.15, 0.2) is 46.5 Å². The van der Waals surface area contributed by atoms with Gasteiger partial charge in [0.1, 0.15) is 5.01 Å². The Morgan fingerprint density at radius 1 is 1.10 bits per heavy atom. The van der Waals surface area contributed by atoms with Crippen molar-refractivity contribution in [1.29, 1.82) is 0 Å². The lowest BCUT2D eigenvalue weighted by Crippen LogP contribution is -2.30. The van der Waals surface area contributed by atoms with Crippen molar-refractivity contribution in [3.05, 3.63) is 63.3 Å². The van der Waals surface area contributed by atoms with Crippen LogP contribution in [0.5, 0.6) is 0 Å². The molecule has 0 amide bonds. The minimum atomic E-state index is 0.953. The Morgan fingerprint density at radius 3 is 2.86 bits per heavy atom. The van der Waals surface area contributed by atoms with E-state index in [1.807, 2.05) is 0 Å². The molecule has 0 radical (unpaired) electrons. The second kappa shape index (κ2) is 5.72. The predicted octanol–water partition coefficient (Wildman–Crippen LogP) is 4.43. The molecule has 4 heteroatoms. The Hall–Kier alpha value is -1.49. The fraction of sp³-hybridized carbons (Fsp3) is 0.235. The molecule has 2 aromatic heterocycles. The quantitative estimate of drug-likeness (QED) is 0.711. The third-order valence-corrected chi connectivity index (χ3v) is 5.54. The molecule has 0 saturated carbocycles. The van der Waals surface area contributed by atoms with Gasteiger partial charge in [-0.2, -0.15) is 11.3 Å². The van der Waals surface area contributed by atoms with Gasteiger partial charge in [0.05, 0.1) is 5.69 Å². The van der Waals surface area contributed by atoms with Crippen LogP contribution in [-0.2, 0) is 19.5 Å². The molecule has 1 aliphatic heterocycles. The van der Waals surface area contributed by atoms with Crippen LogP contribution in [-0.4, -0.2) is 16.4 Å². The first kappa shape index (κ1) is 13.2. The lowest BCUT2D eigenvalue weighted by atomic mass is 10.00. The van der Waals surface area contributed by atoms with Gasteiger partial charge in [-0.05, 0) is 29.0 Å². The smallest absolute Gasteiger partial charge is 0.124 e. The highest BCUT2D eigenvalue weighted by Gasteiger charge is 2.17. The van der Waals surface area contributed by atoms with Crippen LogP contribution in [0.2, 0.25) is 0 Å². The molecule has 0 fully saturated rings. The topological polar surface area (TPSA) is 16.1 Å². The number of aromatic nitrogens is 1. The summed E-state index contributed by atoms with van der Waals surface area (Å²) in [6.07, 6.45) is 1.15. The molecule has 3 aromatic rings. The van der Waals surface area contributed by atoms with Crippen molar-refractivity contribution in [2.45, 2.75) is 19.5 Å². The number of thiophene rings is 1. The Bertz CT molecular complexity index is 731. The summed E-state index contributed by atoms with van der Waals surface area (Å²) in [6, 6.07) is 10.9. The average molecular weight is 312 g/mol. The predicted molar refractivity (Wildman–Crippen MR) is 89.7 cm³/mol. The van der Waals surface area contributed by atoms with Crippen LogP contribution < -0.4 is 0 Å². The fourth-order valence-electron chi connectivity index (χ4n) is 2.82. The van der Waals surface area contributed by atoms with Gasteiger partial charge >= 0.3 is 0 Å². The molecule has 0 bridgehead atoms. The number of thiazole rings is 1. The minimum absolute atomic E-state index is 0.953. The second-order valence-electron chi connectivity index (χ2n) is 5.39. The molecule has 0 N–H and O–H groups in total. The van der Waals surface area contributed by atoms with Crippen molar-refractivity contribution >= 4 is 22.7 Å². The maximum Gasteiger partial charge on any atom is 0.124 e. The molecule has 21 heavy (non-hydrogen) atoms. The van der Waals surface area contributed by atoms with Crippen LogP contribution in [0.1, 0.15) is 16.8 Å². The van der Waals surface area contributed by atoms with Crippen LogP contribution in [0.3, 0.4) is 0 Å². The molecular weight excluding hydrogens is 296 g/mol. The summed E-state index contributed by atoms with van der Waals surface area (Å²) in [5.74, 6) is 0. The third-order valence-electron chi connectivity index (χ3n) is 3.92. The van der Waals surface area contributed by atoms with Crippen LogP contribution in [0.4, 0.5) is 0 Å². The van der Waals surface area contributed by atoms with E-state index < -0.39 is 0 Å². The maximum atomic E-state index is 4.79. The summed E-state index contributed by atoms with van der Waals surface area (Å²) in [7, 11) is 0. The summed E-state index contributed by atoms with van der Waals surface area (Å²) in [5.41, 5.74) is 5.42. The summed E-state index contributed by atoms with van der Waals surface area (Å²) in [4.78, 5) is 7.28. The Morgan fingerprint density at radius 2 is 2.00 bits per heavy atom. The Labute approximate surface area is 132 Å². The normalized spacial score (nSPS) is 15.0. The lowest BCUT2D eigenvalue weighted by molar-refractivity contribution is 0.243. The van der Waals surface area contributed by atoms with Gasteiger partial charge in [0.25, 0.3) is 0 Å². The van der Waals surface area contributed by atoms with Crippen molar-refractivity contribution in [2.75, 3.05) is 6.54 Å². The zero-order valence-electron chi connectivity index (χ0n) is 11.7. The van der Waals surface area contributed by atoms with E-state index in [0.29, 0.717) is 0 Å². The zero-order valence-corrected chi connectivity index (χ0v) is 13.3. The summed E-state index contributed by atoms with van der Waals surface area (Å²) < 4.78 is 0. The van der Waals surface area contributed by atoms with Crippen molar-refractivity contribution in [3.8, 4) is 10.6 Å². The molecule has 4 rings (SSSR count). The molecule has 1 aromatic carbocycles. The first-order valence-corrected chi connectivity index (χ1v) is 8.97. The molecule has 0 spiro atoms. The average Bonchev–Trinajstić information content (AvgIpc) is 3.18. The fourth-order valence-corrected chi connectivity index (χ4v) is 4.34. The van der Waals surface area contributed by atoms with Crippen molar-refractivity contribution in [3.63, 3.8) is 0 Å². The molecule has 1 aliphatic rings. The van der Waals surface area contributed by atoms with Gasteiger partial charge in [0.15, 0.2) is 0 Å². The SMILES string of the molecule is c1ccc2c(c1)CCN(Cc1csc(-c3ccsc3)n1)C2. The summed E-state index contributed by atoms with van der Waals surface area (Å²) in [6.45, 7) is 3.12. The second-order valence-corrected chi connectivity index (χ2v) is 7.02. The summed E-state index contributed by atoms with van der Waals surface area (Å²) in [5, 5.41) is 7.62. The monoisotopic (exact) mass is 312 g/mol. The maximum absolute atomic E-state index is 4.79. The number of nitrogens with zero attached hydrogens (tertiary/aromatic N) is 2. The van der Waals surface area contributed by atoms with E-state index in [4.69, 9.17) is 4.98 Å². The number of hydrogen-bond donors (Lipinski definition) is 0. The molecular formula is C17H16N2S2. The van der Waals surface area contributed by atoms with Crippen LogP contribution >= 0.6 is 22.7 Å². The molecule has 0 saturated heterocycles. The van der Waals surface area contributed by atoms with E-state index in [1.165, 1.54) is 22.4 Å². The zero-order chi connectivity index (χ0) is 14.1. The highest BCUT2D eigenvalue weighted by atomic mass is 32.1. The third kappa shape index (κ3) is 2.79. The van der Waals surface area contributed by atoms with Gasteiger partial charge in [-0.15, -0.1) is 11.3 Å². The van der Waals surface area contributed by atoms with E-state index in [9.17, 15) is 0 Å². The molecule has 2 nitrogen and oxygen atoms in total. The van der Waals surface area contributed by atoms with E-state index >= 15 is 0 Å². The summed E-state index contributed by atoms with van der Waals surface area (Å²) >= 11 is 3.48. The van der Waals surface area contributed by atoms with Gasteiger partial charge < -0.3 is 0 Å². The van der Waals surface area contributed by atoms with Gasteiger partial charge in [0.2, 0.25) is 0 Å². The number of hydrogen-bond acceptors (Lipinski definition) is 4. The number of benzene rings is 1.